The van der Waals surface area contributed by atoms with E-state index < -0.39 is 5.97 Å². The second-order valence-corrected chi connectivity index (χ2v) is 5.25. The summed E-state index contributed by atoms with van der Waals surface area (Å²) >= 11 is 3.45. The third-order valence-electron chi connectivity index (χ3n) is 3.02. The Kier molecular flexibility index (Phi) is 5.59. The highest BCUT2D eigenvalue weighted by Crippen LogP contribution is 2.36. The number of anilines is 1. The molecule has 0 amide bonds. The van der Waals surface area contributed by atoms with Crippen LogP contribution in [0.1, 0.15) is 15.9 Å². The Balaban J connectivity index is 2.18. The van der Waals surface area contributed by atoms with E-state index in [0.717, 1.165) is 5.56 Å². The number of carboxylic acid groups (broad SMARTS) is 1. The Morgan fingerprint density at radius 2 is 2.04 bits per heavy atom. The van der Waals surface area contributed by atoms with Crippen LogP contribution in [0.2, 0.25) is 0 Å². The van der Waals surface area contributed by atoms with Gasteiger partial charge >= 0.3 is 5.97 Å². The topological polar surface area (TPSA) is 80.2 Å². The van der Waals surface area contributed by atoms with E-state index in [-0.39, 0.29) is 5.56 Å². The first-order chi connectivity index (χ1) is 11.1. The third kappa shape index (κ3) is 4.01. The number of carbonyl (C=O) groups is 1. The average molecular weight is 379 g/mol. The van der Waals surface area contributed by atoms with Gasteiger partial charge in [-0.3, -0.25) is 5.43 Å². The maximum atomic E-state index is 10.9. The van der Waals surface area contributed by atoms with Crippen LogP contribution < -0.4 is 14.9 Å². The number of nitrogens with one attached hydrogen (secondary N) is 1. The molecule has 0 radical (unpaired) electrons. The molecule has 7 heteroatoms. The number of carboxylic acids is 1. The highest BCUT2D eigenvalue weighted by atomic mass is 79.9. The number of halogens is 1. The van der Waals surface area contributed by atoms with Crippen molar-refractivity contribution in [3.63, 3.8) is 0 Å². The van der Waals surface area contributed by atoms with Crippen LogP contribution in [0.5, 0.6) is 11.5 Å². The first-order valence-electron chi connectivity index (χ1n) is 6.59. The molecule has 0 saturated heterocycles. The molecule has 0 atom stereocenters. The normalized spacial score (nSPS) is 10.6. The molecule has 0 aliphatic rings. The summed E-state index contributed by atoms with van der Waals surface area (Å²) in [6, 6.07) is 9.99. The van der Waals surface area contributed by atoms with Crippen LogP contribution in [-0.4, -0.2) is 31.5 Å². The molecule has 6 nitrogen and oxygen atoms in total. The van der Waals surface area contributed by atoms with Crippen LogP contribution in [0, 0.1) is 0 Å². The zero-order valence-electron chi connectivity index (χ0n) is 12.5. The summed E-state index contributed by atoms with van der Waals surface area (Å²) in [5, 5.41) is 13.1. The van der Waals surface area contributed by atoms with Crippen molar-refractivity contribution >= 4 is 33.8 Å². The lowest BCUT2D eigenvalue weighted by molar-refractivity contribution is 0.0697. The number of hydrogen-bond donors (Lipinski definition) is 2. The Bertz CT molecular complexity index is 747. The van der Waals surface area contributed by atoms with Gasteiger partial charge in [0.1, 0.15) is 0 Å². The Hall–Kier alpha value is -2.54. The summed E-state index contributed by atoms with van der Waals surface area (Å²) in [7, 11) is 3.12. The van der Waals surface area contributed by atoms with Gasteiger partial charge < -0.3 is 14.6 Å². The summed E-state index contributed by atoms with van der Waals surface area (Å²) in [6.07, 6.45) is 1.60. The lowest BCUT2D eigenvalue weighted by Gasteiger charge is -2.10. The fraction of sp³-hybridized carbons (Fsp3) is 0.125. The number of ether oxygens (including phenoxy) is 2. The minimum atomic E-state index is -0.986. The minimum absolute atomic E-state index is 0.192. The van der Waals surface area contributed by atoms with Gasteiger partial charge in [-0.1, -0.05) is 6.07 Å². The summed E-state index contributed by atoms with van der Waals surface area (Å²) in [5.41, 5.74) is 4.35. The largest absolute Gasteiger partial charge is 0.493 e. The van der Waals surface area contributed by atoms with E-state index in [1.807, 2.05) is 6.07 Å². The molecule has 0 fully saturated rings. The van der Waals surface area contributed by atoms with Crippen LogP contribution in [0.3, 0.4) is 0 Å². The predicted molar refractivity (Wildman–Crippen MR) is 91.9 cm³/mol. The zero-order valence-corrected chi connectivity index (χ0v) is 14.1. The van der Waals surface area contributed by atoms with E-state index in [1.165, 1.54) is 12.1 Å². The standard InChI is InChI=1S/C16H15BrN2O4/c1-22-13-7-6-11(14(17)15(13)23-2)9-18-19-12-5-3-4-10(8-12)16(20)21/h3-9,19H,1-2H3,(H,20,21)/b18-9+. The third-order valence-corrected chi connectivity index (χ3v) is 3.84. The van der Waals surface area contributed by atoms with Crippen LogP contribution in [0.4, 0.5) is 5.69 Å². The summed E-state index contributed by atoms with van der Waals surface area (Å²) in [6.45, 7) is 0. The van der Waals surface area contributed by atoms with Gasteiger partial charge in [-0.2, -0.15) is 5.10 Å². The highest BCUT2D eigenvalue weighted by molar-refractivity contribution is 9.10. The fourth-order valence-electron chi connectivity index (χ4n) is 1.90. The molecule has 0 heterocycles. The molecule has 0 bridgehead atoms. The molecule has 0 saturated carbocycles. The monoisotopic (exact) mass is 378 g/mol. The van der Waals surface area contributed by atoms with Crippen LogP contribution in [0.25, 0.3) is 0 Å². The van der Waals surface area contributed by atoms with Crippen LogP contribution in [-0.2, 0) is 0 Å². The number of nitrogens with zero attached hydrogens (tertiary/aromatic N) is 1. The molecule has 2 aromatic rings. The van der Waals surface area contributed by atoms with Crippen molar-refractivity contribution < 1.29 is 19.4 Å². The summed E-state index contributed by atoms with van der Waals surface area (Å²) in [5.74, 6) is 0.197. The van der Waals surface area contributed by atoms with Crippen molar-refractivity contribution in [2.75, 3.05) is 19.6 Å². The van der Waals surface area contributed by atoms with Gasteiger partial charge in [0.2, 0.25) is 0 Å². The lowest BCUT2D eigenvalue weighted by atomic mass is 10.2. The van der Waals surface area contributed by atoms with Crippen molar-refractivity contribution in [2.45, 2.75) is 0 Å². The molecular weight excluding hydrogens is 364 g/mol. The van der Waals surface area contributed by atoms with Gasteiger partial charge in [-0.05, 0) is 46.3 Å². The Morgan fingerprint density at radius 3 is 2.70 bits per heavy atom. The number of hydrogen-bond acceptors (Lipinski definition) is 5. The van der Waals surface area contributed by atoms with Gasteiger partial charge in [0.05, 0.1) is 36.2 Å². The molecule has 120 valence electrons. The second-order valence-electron chi connectivity index (χ2n) is 4.46. The maximum Gasteiger partial charge on any atom is 0.335 e. The number of aromatic carboxylic acids is 1. The molecule has 2 aromatic carbocycles. The zero-order chi connectivity index (χ0) is 16.8. The van der Waals surface area contributed by atoms with Gasteiger partial charge in [-0.15, -0.1) is 0 Å². The molecule has 0 unspecified atom stereocenters. The lowest BCUT2D eigenvalue weighted by Crippen LogP contribution is -1.98. The molecule has 0 aromatic heterocycles. The van der Waals surface area contributed by atoms with E-state index >= 15 is 0 Å². The predicted octanol–water partition coefficient (Wildman–Crippen LogP) is 3.61. The smallest absolute Gasteiger partial charge is 0.335 e. The van der Waals surface area contributed by atoms with Gasteiger partial charge in [-0.25, -0.2) is 4.79 Å². The molecule has 23 heavy (non-hydrogen) atoms. The first-order valence-corrected chi connectivity index (χ1v) is 7.39. The highest BCUT2D eigenvalue weighted by Gasteiger charge is 2.11. The van der Waals surface area contributed by atoms with E-state index in [1.54, 1.807) is 38.6 Å². The molecule has 0 aliphatic heterocycles. The molecule has 0 spiro atoms. The summed E-state index contributed by atoms with van der Waals surface area (Å²) < 4.78 is 11.2. The SMILES string of the molecule is COc1ccc(/C=N/Nc2cccc(C(=O)O)c2)c(Br)c1OC. The van der Waals surface area contributed by atoms with E-state index in [0.29, 0.717) is 21.7 Å². The van der Waals surface area contributed by atoms with Crippen molar-refractivity contribution in [3.8, 4) is 11.5 Å². The van der Waals surface area contributed by atoms with Crippen LogP contribution >= 0.6 is 15.9 Å². The molecule has 2 N–H and O–H groups in total. The van der Waals surface area contributed by atoms with Crippen LogP contribution in [0.15, 0.2) is 46.0 Å². The minimum Gasteiger partial charge on any atom is -0.493 e. The molecular formula is C16H15BrN2O4. The Morgan fingerprint density at radius 1 is 1.26 bits per heavy atom. The summed E-state index contributed by atoms with van der Waals surface area (Å²) in [4.78, 5) is 10.9. The first kappa shape index (κ1) is 16.8. The van der Waals surface area contributed by atoms with Crippen molar-refractivity contribution in [3.05, 3.63) is 52.0 Å². The van der Waals surface area contributed by atoms with Gasteiger partial charge in [0.25, 0.3) is 0 Å². The fourth-order valence-corrected chi connectivity index (χ4v) is 2.49. The van der Waals surface area contributed by atoms with Crippen molar-refractivity contribution in [2.24, 2.45) is 5.10 Å². The number of methoxy groups -OCH3 is 2. The maximum absolute atomic E-state index is 10.9. The van der Waals surface area contributed by atoms with E-state index in [4.69, 9.17) is 14.6 Å². The average Bonchev–Trinajstić information content (AvgIpc) is 2.56. The van der Waals surface area contributed by atoms with Crippen molar-refractivity contribution in [1.29, 1.82) is 0 Å². The number of benzene rings is 2. The van der Waals surface area contributed by atoms with Gasteiger partial charge in [0.15, 0.2) is 11.5 Å². The number of rotatable bonds is 6. The second kappa shape index (κ2) is 7.64. The number of hydrazone groups is 1. The van der Waals surface area contributed by atoms with Crippen molar-refractivity contribution in [1.82, 2.24) is 0 Å². The van der Waals surface area contributed by atoms with Gasteiger partial charge in [0, 0.05) is 5.56 Å². The van der Waals surface area contributed by atoms with E-state index in [9.17, 15) is 4.79 Å². The Labute approximate surface area is 141 Å². The molecule has 2 rings (SSSR count). The quantitative estimate of drug-likeness (QED) is 0.592. The van der Waals surface area contributed by atoms with E-state index in [2.05, 4.69) is 26.5 Å². The molecule has 0 aliphatic carbocycles.